The number of fused-ring (bicyclic) bond motifs is 1. The van der Waals surface area contributed by atoms with Crippen molar-refractivity contribution in [1.29, 1.82) is 0 Å². The van der Waals surface area contributed by atoms with Crippen LogP contribution in [0.3, 0.4) is 0 Å². The van der Waals surface area contributed by atoms with Gasteiger partial charge in [0.15, 0.2) is 0 Å². The predicted molar refractivity (Wildman–Crippen MR) is 137 cm³/mol. The maximum atomic E-state index is 12.6. The molecule has 1 heterocycles. The number of amides is 2. The topological polar surface area (TPSA) is 96.1 Å². The van der Waals surface area contributed by atoms with Crippen molar-refractivity contribution in [2.24, 2.45) is 0 Å². The molecule has 0 saturated heterocycles. The van der Waals surface area contributed by atoms with Crippen molar-refractivity contribution in [2.45, 2.75) is 12.5 Å². The molecule has 1 unspecified atom stereocenters. The van der Waals surface area contributed by atoms with E-state index in [1.54, 1.807) is 37.4 Å². The SMILES string of the molecule is COc1ccc(C(=O)Nc2ccc(-c3nc4ccc(C(=O)NC5C=CC=CC5)cc4[nH]3)cc2)cc1. The van der Waals surface area contributed by atoms with Gasteiger partial charge in [0, 0.05) is 22.4 Å². The van der Waals surface area contributed by atoms with E-state index in [2.05, 4.69) is 20.6 Å². The Morgan fingerprint density at radius 3 is 2.43 bits per heavy atom. The van der Waals surface area contributed by atoms with Crippen LogP contribution in [-0.4, -0.2) is 34.9 Å². The Labute approximate surface area is 202 Å². The van der Waals surface area contributed by atoms with E-state index in [4.69, 9.17) is 4.74 Å². The monoisotopic (exact) mass is 464 g/mol. The van der Waals surface area contributed by atoms with Crippen LogP contribution in [0.4, 0.5) is 5.69 Å². The van der Waals surface area contributed by atoms with Gasteiger partial charge in [-0.3, -0.25) is 9.59 Å². The second-order valence-corrected chi connectivity index (χ2v) is 8.21. The average Bonchev–Trinajstić information content (AvgIpc) is 3.33. The number of ether oxygens (including phenoxy) is 1. The van der Waals surface area contributed by atoms with E-state index < -0.39 is 0 Å². The number of hydrogen-bond donors (Lipinski definition) is 3. The number of aromatic amines is 1. The first-order valence-electron chi connectivity index (χ1n) is 11.3. The smallest absolute Gasteiger partial charge is 0.255 e. The molecule has 4 aromatic rings. The fraction of sp³-hybridized carbons (Fsp3) is 0.107. The number of imidazole rings is 1. The third kappa shape index (κ3) is 4.99. The van der Waals surface area contributed by atoms with Gasteiger partial charge in [-0.25, -0.2) is 4.98 Å². The van der Waals surface area contributed by atoms with Gasteiger partial charge in [-0.15, -0.1) is 0 Å². The normalized spacial score (nSPS) is 14.6. The second-order valence-electron chi connectivity index (χ2n) is 8.21. The number of rotatable bonds is 6. The van der Waals surface area contributed by atoms with Crippen LogP contribution in [0, 0.1) is 0 Å². The Balaban J connectivity index is 1.28. The minimum absolute atomic E-state index is 0.00394. The number of carbonyl (C=O) groups is 2. The predicted octanol–water partition coefficient (Wildman–Crippen LogP) is 5.11. The summed E-state index contributed by atoms with van der Waals surface area (Å²) in [5, 5.41) is 5.92. The van der Waals surface area contributed by atoms with Gasteiger partial charge in [-0.2, -0.15) is 0 Å². The van der Waals surface area contributed by atoms with Crippen molar-refractivity contribution in [3.05, 3.63) is 102 Å². The Morgan fingerprint density at radius 1 is 0.943 bits per heavy atom. The minimum atomic E-state index is -0.199. The lowest BCUT2D eigenvalue weighted by molar-refractivity contribution is 0.0944. The molecule has 0 spiro atoms. The van der Waals surface area contributed by atoms with Gasteiger partial charge >= 0.3 is 0 Å². The van der Waals surface area contributed by atoms with Crippen LogP contribution in [0.5, 0.6) is 5.75 Å². The first kappa shape index (κ1) is 22.2. The van der Waals surface area contributed by atoms with E-state index in [1.165, 1.54) is 0 Å². The van der Waals surface area contributed by atoms with Crippen LogP contribution >= 0.6 is 0 Å². The van der Waals surface area contributed by atoms with Crippen molar-refractivity contribution in [2.75, 3.05) is 12.4 Å². The number of anilines is 1. The number of methoxy groups -OCH3 is 1. The van der Waals surface area contributed by atoms with Crippen LogP contribution in [0.1, 0.15) is 27.1 Å². The summed E-state index contributed by atoms with van der Waals surface area (Å²) in [6.07, 6.45) is 8.71. The van der Waals surface area contributed by atoms with Gasteiger partial charge in [0.25, 0.3) is 11.8 Å². The molecule has 35 heavy (non-hydrogen) atoms. The summed E-state index contributed by atoms with van der Waals surface area (Å²) in [6.45, 7) is 0. The Morgan fingerprint density at radius 2 is 1.71 bits per heavy atom. The molecule has 7 heteroatoms. The molecule has 1 atom stereocenters. The molecule has 0 saturated carbocycles. The first-order chi connectivity index (χ1) is 17.1. The van der Waals surface area contributed by atoms with Crippen LogP contribution in [-0.2, 0) is 0 Å². The highest BCUT2D eigenvalue weighted by Gasteiger charge is 2.14. The van der Waals surface area contributed by atoms with Gasteiger partial charge in [0.05, 0.1) is 24.2 Å². The highest BCUT2D eigenvalue weighted by Crippen LogP contribution is 2.23. The molecule has 1 aromatic heterocycles. The van der Waals surface area contributed by atoms with E-state index in [-0.39, 0.29) is 17.9 Å². The largest absolute Gasteiger partial charge is 0.497 e. The number of allylic oxidation sites excluding steroid dienone is 2. The van der Waals surface area contributed by atoms with Gasteiger partial charge in [-0.05, 0) is 73.2 Å². The molecule has 0 radical (unpaired) electrons. The fourth-order valence-electron chi connectivity index (χ4n) is 3.88. The lowest BCUT2D eigenvalue weighted by Crippen LogP contribution is -2.33. The molecule has 174 valence electrons. The molecule has 0 bridgehead atoms. The zero-order valence-corrected chi connectivity index (χ0v) is 19.1. The van der Waals surface area contributed by atoms with Crippen molar-refractivity contribution < 1.29 is 14.3 Å². The van der Waals surface area contributed by atoms with Gasteiger partial charge in [0.1, 0.15) is 11.6 Å². The number of nitrogens with zero attached hydrogens (tertiary/aromatic N) is 1. The molecule has 0 aliphatic heterocycles. The number of H-pyrrole nitrogens is 1. The van der Waals surface area contributed by atoms with Crippen LogP contribution in [0.2, 0.25) is 0 Å². The molecule has 5 rings (SSSR count). The van der Waals surface area contributed by atoms with Crippen molar-refractivity contribution in [1.82, 2.24) is 15.3 Å². The Kier molecular flexibility index (Phi) is 6.13. The third-order valence-corrected chi connectivity index (χ3v) is 5.81. The zero-order valence-electron chi connectivity index (χ0n) is 19.1. The quantitative estimate of drug-likeness (QED) is 0.370. The molecule has 2 amide bonds. The average molecular weight is 465 g/mol. The maximum Gasteiger partial charge on any atom is 0.255 e. The molecule has 7 nitrogen and oxygen atoms in total. The lowest BCUT2D eigenvalue weighted by Gasteiger charge is -2.15. The second kappa shape index (κ2) is 9.69. The van der Waals surface area contributed by atoms with Gasteiger partial charge in [-0.1, -0.05) is 24.3 Å². The summed E-state index contributed by atoms with van der Waals surface area (Å²) < 4.78 is 5.13. The number of hydrogen-bond acceptors (Lipinski definition) is 4. The van der Waals surface area contributed by atoms with Gasteiger partial charge in [0.2, 0.25) is 0 Å². The lowest BCUT2D eigenvalue weighted by atomic mass is 10.1. The summed E-state index contributed by atoms with van der Waals surface area (Å²) in [5.74, 6) is 1.06. The molecule has 3 N–H and O–H groups in total. The fourth-order valence-corrected chi connectivity index (χ4v) is 3.88. The number of carbonyl (C=O) groups excluding carboxylic acids is 2. The zero-order chi connectivity index (χ0) is 24.2. The maximum absolute atomic E-state index is 12.6. The van der Waals surface area contributed by atoms with E-state index in [1.807, 2.05) is 60.7 Å². The molecule has 0 fully saturated rings. The summed E-state index contributed by atoms with van der Waals surface area (Å²) in [7, 11) is 1.59. The molecule has 3 aromatic carbocycles. The van der Waals surface area contributed by atoms with Crippen molar-refractivity contribution >= 4 is 28.5 Å². The highest BCUT2D eigenvalue weighted by molar-refractivity contribution is 6.04. The van der Waals surface area contributed by atoms with E-state index in [9.17, 15) is 9.59 Å². The van der Waals surface area contributed by atoms with Crippen LogP contribution < -0.4 is 15.4 Å². The Bertz CT molecular complexity index is 1430. The first-order valence-corrected chi connectivity index (χ1v) is 11.3. The van der Waals surface area contributed by atoms with Crippen molar-refractivity contribution in [3.63, 3.8) is 0 Å². The third-order valence-electron chi connectivity index (χ3n) is 5.81. The number of nitrogens with one attached hydrogen (secondary N) is 3. The summed E-state index contributed by atoms with van der Waals surface area (Å²) in [6, 6.07) is 19.8. The highest BCUT2D eigenvalue weighted by atomic mass is 16.5. The summed E-state index contributed by atoms with van der Waals surface area (Å²) >= 11 is 0. The summed E-state index contributed by atoms with van der Waals surface area (Å²) in [5.41, 5.74) is 4.22. The molecule has 1 aliphatic rings. The molecule has 1 aliphatic carbocycles. The Hall–Kier alpha value is -4.65. The summed E-state index contributed by atoms with van der Waals surface area (Å²) in [4.78, 5) is 33.1. The molecular formula is C28H24N4O3. The van der Waals surface area contributed by atoms with Crippen molar-refractivity contribution in [3.8, 4) is 17.1 Å². The number of aromatic nitrogens is 2. The van der Waals surface area contributed by atoms with Crippen LogP contribution in [0.25, 0.3) is 22.4 Å². The standard InChI is InChI=1S/C28H24N4O3/c1-35-23-14-9-19(10-15-23)27(33)30-22-12-7-18(8-13-22)26-31-24-16-11-20(17-25(24)32-26)28(34)29-21-5-3-2-4-6-21/h2-5,7-17,21H,6H2,1H3,(H,29,34)(H,30,33)(H,31,32). The van der Waals surface area contributed by atoms with E-state index in [0.29, 0.717) is 28.4 Å². The van der Waals surface area contributed by atoms with Gasteiger partial charge < -0.3 is 20.4 Å². The number of benzene rings is 3. The van der Waals surface area contributed by atoms with E-state index >= 15 is 0 Å². The van der Waals surface area contributed by atoms with E-state index in [0.717, 1.165) is 23.0 Å². The minimum Gasteiger partial charge on any atom is -0.497 e. The van der Waals surface area contributed by atoms with Crippen LogP contribution in [0.15, 0.2) is 91.0 Å². The molecular weight excluding hydrogens is 440 g/mol.